The van der Waals surface area contributed by atoms with Gasteiger partial charge in [-0.25, -0.2) is 9.78 Å². The summed E-state index contributed by atoms with van der Waals surface area (Å²) in [6.07, 6.45) is 0.755. The van der Waals surface area contributed by atoms with E-state index < -0.39 is 16.9 Å². The van der Waals surface area contributed by atoms with E-state index in [0.717, 1.165) is 6.20 Å². The van der Waals surface area contributed by atoms with Gasteiger partial charge in [-0.2, -0.15) is 0 Å². The molecule has 0 saturated heterocycles. The van der Waals surface area contributed by atoms with Gasteiger partial charge in [-0.05, 0) is 13.0 Å². The van der Waals surface area contributed by atoms with E-state index in [0.29, 0.717) is 0 Å². The van der Waals surface area contributed by atoms with E-state index in [9.17, 15) is 19.7 Å². The molecule has 0 spiro atoms. The Kier molecular flexibility index (Phi) is 5.58. The number of nitrogens with zero attached hydrogens (tertiary/aromatic N) is 3. The number of carbonyl (C=O) groups excluding carboxylic acids is 2. The van der Waals surface area contributed by atoms with Crippen LogP contribution in [0.4, 0.5) is 16.3 Å². The zero-order valence-electron chi connectivity index (χ0n) is 12.0. The predicted molar refractivity (Wildman–Crippen MR) is 74.1 cm³/mol. The first-order chi connectivity index (χ1) is 9.90. The van der Waals surface area contributed by atoms with Crippen LogP contribution in [0.5, 0.6) is 0 Å². The molecule has 0 aromatic carbocycles. The molecule has 0 bridgehead atoms. The van der Waals surface area contributed by atoms with Gasteiger partial charge in [0.25, 0.3) is 5.69 Å². The Hall–Kier alpha value is -2.71. The van der Waals surface area contributed by atoms with Gasteiger partial charge >= 0.3 is 12.0 Å². The van der Waals surface area contributed by atoms with Crippen molar-refractivity contribution in [2.45, 2.75) is 13.3 Å². The van der Waals surface area contributed by atoms with Crippen molar-refractivity contribution in [3.63, 3.8) is 0 Å². The van der Waals surface area contributed by atoms with E-state index in [1.54, 1.807) is 6.92 Å². The Balaban J connectivity index is 3.14. The summed E-state index contributed by atoms with van der Waals surface area (Å²) in [4.78, 5) is 38.4. The number of nitrogens with one attached hydrogen (secondary N) is 1. The number of hydrogen-bond donors (Lipinski definition) is 1. The molecule has 0 fully saturated rings. The van der Waals surface area contributed by atoms with E-state index in [2.05, 4.69) is 10.3 Å². The van der Waals surface area contributed by atoms with Gasteiger partial charge in [0, 0.05) is 19.7 Å². The number of rotatable bonds is 5. The Morgan fingerprint density at radius 2 is 2.19 bits per heavy atom. The fourth-order valence-corrected chi connectivity index (χ4v) is 1.61. The molecular formula is C12H16N4O5. The maximum atomic E-state index is 11.5. The predicted octanol–water partition coefficient (Wildman–Crippen LogP) is 0.871. The van der Waals surface area contributed by atoms with Gasteiger partial charge in [0.2, 0.25) is 0 Å². The van der Waals surface area contributed by atoms with Crippen molar-refractivity contribution in [1.82, 2.24) is 10.3 Å². The van der Waals surface area contributed by atoms with Crippen LogP contribution in [0, 0.1) is 10.1 Å². The molecule has 0 aliphatic heterocycles. The highest BCUT2D eigenvalue weighted by atomic mass is 16.6. The Morgan fingerprint density at radius 1 is 1.52 bits per heavy atom. The van der Waals surface area contributed by atoms with E-state index in [4.69, 9.17) is 4.74 Å². The van der Waals surface area contributed by atoms with Crippen molar-refractivity contribution < 1.29 is 19.2 Å². The number of urea groups is 1. The highest BCUT2D eigenvalue weighted by Crippen LogP contribution is 2.22. The summed E-state index contributed by atoms with van der Waals surface area (Å²) >= 11 is 0. The second kappa shape index (κ2) is 7.17. The third-order valence-electron chi connectivity index (χ3n) is 2.65. The molecule has 0 aliphatic carbocycles. The van der Waals surface area contributed by atoms with Crippen LogP contribution in [-0.4, -0.2) is 42.6 Å². The number of hydrogen-bond acceptors (Lipinski definition) is 6. The average molecular weight is 296 g/mol. The van der Waals surface area contributed by atoms with Crippen LogP contribution in [0.2, 0.25) is 0 Å². The maximum absolute atomic E-state index is 11.5. The van der Waals surface area contributed by atoms with Gasteiger partial charge in [-0.15, -0.1) is 0 Å². The van der Waals surface area contributed by atoms with Crippen LogP contribution in [0.3, 0.4) is 0 Å². The van der Waals surface area contributed by atoms with E-state index in [1.165, 1.54) is 25.1 Å². The fraction of sp³-hybridized carbons (Fsp3) is 0.417. The standard InChI is InChI=1S/C12H16N4O5/c1-4-21-11(17)6-8-5-10(15(3)12(18)13-2)14-7-9(8)16(19)20/h5,7H,4,6H2,1-3H3,(H,13,18). The number of amides is 2. The lowest BCUT2D eigenvalue weighted by atomic mass is 10.1. The monoisotopic (exact) mass is 296 g/mol. The van der Waals surface area contributed by atoms with Crippen LogP contribution >= 0.6 is 0 Å². The van der Waals surface area contributed by atoms with Crippen LogP contribution in [-0.2, 0) is 16.0 Å². The molecule has 1 aromatic rings. The van der Waals surface area contributed by atoms with Crippen LogP contribution in [0.1, 0.15) is 12.5 Å². The normalized spacial score (nSPS) is 9.86. The smallest absolute Gasteiger partial charge is 0.322 e. The molecule has 21 heavy (non-hydrogen) atoms. The number of carbonyl (C=O) groups is 2. The van der Waals surface area contributed by atoms with Crippen LogP contribution < -0.4 is 10.2 Å². The van der Waals surface area contributed by atoms with Crippen LogP contribution in [0.25, 0.3) is 0 Å². The van der Waals surface area contributed by atoms with Gasteiger partial charge in [-0.3, -0.25) is 19.8 Å². The average Bonchev–Trinajstić information content (AvgIpc) is 2.45. The summed E-state index contributed by atoms with van der Waals surface area (Å²) in [5, 5.41) is 13.4. The number of pyridine rings is 1. The Morgan fingerprint density at radius 3 is 2.71 bits per heavy atom. The van der Waals surface area contributed by atoms with Crippen molar-refractivity contribution in [2.24, 2.45) is 0 Å². The fourth-order valence-electron chi connectivity index (χ4n) is 1.61. The lowest BCUT2D eigenvalue weighted by Crippen LogP contribution is -2.35. The largest absolute Gasteiger partial charge is 0.466 e. The van der Waals surface area contributed by atoms with Gasteiger partial charge in [0.15, 0.2) is 0 Å². The zero-order chi connectivity index (χ0) is 16.0. The van der Waals surface area contributed by atoms with Crippen molar-refractivity contribution in [2.75, 3.05) is 25.6 Å². The minimum atomic E-state index is -0.634. The molecule has 2 amide bonds. The first-order valence-corrected chi connectivity index (χ1v) is 6.15. The molecular weight excluding hydrogens is 280 g/mol. The van der Waals surface area contributed by atoms with Gasteiger partial charge in [0.05, 0.1) is 18.0 Å². The third-order valence-corrected chi connectivity index (χ3v) is 2.65. The number of anilines is 1. The van der Waals surface area contributed by atoms with Crippen molar-refractivity contribution >= 4 is 23.5 Å². The molecule has 0 radical (unpaired) electrons. The second-order valence-corrected chi connectivity index (χ2v) is 4.02. The van der Waals surface area contributed by atoms with E-state index >= 15 is 0 Å². The highest BCUT2D eigenvalue weighted by Gasteiger charge is 2.21. The van der Waals surface area contributed by atoms with Crippen LogP contribution in [0.15, 0.2) is 12.3 Å². The highest BCUT2D eigenvalue weighted by molar-refractivity contribution is 5.90. The van der Waals surface area contributed by atoms with Crippen molar-refractivity contribution in [1.29, 1.82) is 0 Å². The molecule has 1 aromatic heterocycles. The maximum Gasteiger partial charge on any atom is 0.322 e. The number of ether oxygens (including phenoxy) is 1. The molecule has 1 heterocycles. The van der Waals surface area contributed by atoms with Crippen molar-refractivity contribution in [3.8, 4) is 0 Å². The molecule has 0 saturated carbocycles. The second-order valence-electron chi connectivity index (χ2n) is 4.02. The topological polar surface area (TPSA) is 115 Å². The summed E-state index contributed by atoms with van der Waals surface area (Å²) < 4.78 is 4.77. The van der Waals surface area contributed by atoms with Gasteiger partial charge in [0.1, 0.15) is 12.0 Å². The molecule has 114 valence electrons. The zero-order valence-corrected chi connectivity index (χ0v) is 12.0. The summed E-state index contributed by atoms with van der Waals surface area (Å²) in [7, 11) is 2.91. The SMILES string of the molecule is CCOC(=O)Cc1cc(N(C)C(=O)NC)ncc1[N+](=O)[O-]. The number of aromatic nitrogens is 1. The third kappa shape index (κ3) is 4.13. The van der Waals surface area contributed by atoms with Crippen molar-refractivity contribution in [3.05, 3.63) is 27.9 Å². The number of esters is 1. The molecule has 0 aliphatic rings. The molecule has 1 N–H and O–H groups in total. The molecule has 9 nitrogen and oxygen atoms in total. The first kappa shape index (κ1) is 16.3. The number of nitro groups is 1. The lowest BCUT2D eigenvalue weighted by Gasteiger charge is -2.16. The molecule has 0 atom stereocenters. The summed E-state index contributed by atoms with van der Waals surface area (Å²) in [6.45, 7) is 1.83. The Labute approximate surface area is 121 Å². The van der Waals surface area contributed by atoms with Gasteiger partial charge in [-0.1, -0.05) is 0 Å². The molecule has 9 heteroatoms. The summed E-state index contributed by atoms with van der Waals surface area (Å²) in [5.41, 5.74) is -0.156. The minimum absolute atomic E-state index is 0.138. The van der Waals surface area contributed by atoms with E-state index in [1.807, 2.05) is 0 Å². The summed E-state index contributed by atoms with van der Waals surface area (Å²) in [6, 6.07) is 0.892. The quantitative estimate of drug-likeness (QED) is 0.490. The summed E-state index contributed by atoms with van der Waals surface area (Å²) in [5.74, 6) is -0.389. The van der Waals surface area contributed by atoms with Gasteiger partial charge < -0.3 is 10.1 Å². The molecule has 1 rings (SSSR count). The Bertz CT molecular complexity index is 561. The lowest BCUT2D eigenvalue weighted by molar-refractivity contribution is -0.385. The minimum Gasteiger partial charge on any atom is -0.466 e. The van der Waals surface area contributed by atoms with E-state index in [-0.39, 0.29) is 30.1 Å². The first-order valence-electron chi connectivity index (χ1n) is 6.15. The molecule has 0 unspecified atom stereocenters.